The third-order valence-corrected chi connectivity index (χ3v) is 13.9. The second kappa shape index (κ2) is 8.10. The molecule has 0 unspecified atom stereocenters. The summed E-state index contributed by atoms with van der Waals surface area (Å²) in [7, 11) is 0. The van der Waals surface area contributed by atoms with E-state index in [9.17, 15) is 0 Å². The van der Waals surface area contributed by atoms with E-state index in [4.69, 9.17) is 0 Å². The molecule has 1 heteroatoms. The molecule has 3 aromatic rings. The van der Waals surface area contributed by atoms with Crippen molar-refractivity contribution in [2.75, 3.05) is 0 Å². The van der Waals surface area contributed by atoms with Gasteiger partial charge in [-0.3, -0.25) is 0 Å². The van der Waals surface area contributed by atoms with E-state index >= 15 is 0 Å². The number of rotatable bonds is 4. The fourth-order valence-electron chi connectivity index (χ4n) is 4.07. The fraction of sp³-hybridized carbons (Fsp3) is 0.200. The van der Waals surface area contributed by atoms with Crippen molar-refractivity contribution in [2.45, 2.75) is 32.1 Å². The summed E-state index contributed by atoms with van der Waals surface area (Å²) in [5, 5.41) is 0. The van der Waals surface area contributed by atoms with Crippen molar-refractivity contribution in [1.29, 1.82) is 0 Å². The van der Waals surface area contributed by atoms with Gasteiger partial charge in [0.05, 0.1) is 0 Å². The van der Waals surface area contributed by atoms with Crippen LogP contribution in [-0.2, 0) is 0 Å². The van der Waals surface area contributed by atoms with Crippen LogP contribution in [0.15, 0.2) is 101 Å². The fourth-order valence-corrected chi connectivity index (χ4v) is 12.6. The molecule has 0 N–H and O–H groups in total. The van der Waals surface area contributed by atoms with Crippen molar-refractivity contribution in [3.05, 3.63) is 101 Å². The Morgan fingerprint density at radius 2 is 0.885 bits per heavy atom. The quantitative estimate of drug-likeness (QED) is 0.561. The van der Waals surface area contributed by atoms with Gasteiger partial charge in [-0.05, 0) is 0 Å². The van der Waals surface area contributed by atoms with Crippen molar-refractivity contribution in [1.82, 2.24) is 0 Å². The average Bonchev–Trinajstić information content (AvgIpc) is 2.75. The molecule has 0 atom stereocenters. The van der Waals surface area contributed by atoms with Gasteiger partial charge in [0.2, 0.25) is 0 Å². The van der Waals surface area contributed by atoms with Gasteiger partial charge in [0.15, 0.2) is 0 Å². The van der Waals surface area contributed by atoms with Crippen molar-refractivity contribution >= 4 is 26.6 Å². The zero-order chi connectivity index (χ0) is 17.7. The summed E-state index contributed by atoms with van der Waals surface area (Å²) >= 11 is -2.64. The monoisotopic (exact) mass is 401 g/mol. The van der Waals surface area contributed by atoms with E-state index in [1.165, 1.54) is 45.2 Å². The Balaban J connectivity index is 2.00. The molecule has 1 aliphatic rings. The Morgan fingerprint density at radius 3 is 1.27 bits per heavy atom. The van der Waals surface area contributed by atoms with Gasteiger partial charge in [-0.1, -0.05) is 0 Å². The molecule has 0 saturated heterocycles. The van der Waals surface area contributed by atoms with Crippen molar-refractivity contribution in [3.8, 4) is 0 Å². The molecule has 0 aromatic heterocycles. The molecular weight excluding hydrogens is 375 g/mol. The van der Waals surface area contributed by atoms with Gasteiger partial charge in [0.1, 0.15) is 0 Å². The van der Waals surface area contributed by atoms with Gasteiger partial charge in [0.25, 0.3) is 0 Å². The normalized spacial score (nSPS) is 14.8. The standard InChI is InChI=1S/C25H26As/c1-5-13-22(14-6-1)21-26(23-15-7-2-8-16-23,24-17-9-3-10-18-24)25-19-11-4-12-20-25/h2-4,7-12,15-21H,1,5-6,13-14H2/q+1. The van der Waals surface area contributed by atoms with Crippen LogP contribution in [0.5, 0.6) is 0 Å². The van der Waals surface area contributed by atoms with E-state index in [1.54, 1.807) is 5.57 Å². The molecule has 0 spiro atoms. The van der Waals surface area contributed by atoms with Gasteiger partial charge in [-0.25, -0.2) is 0 Å². The van der Waals surface area contributed by atoms with E-state index in [0.29, 0.717) is 0 Å². The molecule has 1 fully saturated rings. The van der Waals surface area contributed by atoms with E-state index < -0.39 is 13.6 Å². The molecule has 26 heavy (non-hydrogen) atoms. The molecule has 0 nitrogen and oxygen atoms in total. The number of hydrogen-bond donors (Lipinski definition) is 0. The van der Waals surface area contributed by atoms with Gasteiger partial charge < -0.3 is 0 Å². The van der Waals surface area contributed by atoms with E-state index in [2.05, 4.69) is 95.9 Å². The summed E-state index contributed by atoms with van der Waals surface area (Å²) in [5.41, 5.74) is 1.68. The first-order valence-corrected chi connectivity index (χ1v) is 13.6. The third kappa shape index (κ3) is 3.44. The van der Waals surface area contributed by atoms with Crippen LogP contribution in [0.2, 0.25) is 0 Å². The van der Waals surface area contributed by atoms with E-state index in [1.807, 2.05) is 0 Å². The topological polar surface area (TPSA) is 0 Å². The number of benzene rings is 3. The second-order valence-corrected chi connectivity index (χ2v) is 13.9. The molecule has 0 bridgehead atoms. The predicted molar refractivity (Wildman–Crippen MR) is 115 cm³/mol. The molecule has 1 saturated carbocycles. The summed E-state index contributed by atoms with van der Waals surface area (Å²) in [5.74, 6) is 0. The van der Waals surface area contributed by atoms with Crippen LogP contribution in [-0.4, -0.2) is 13.6 Å². The number of allylic oxidation sites excluding steroid dienone is 1. The summed E-state index contributed by atoms with van der Waals surface area (Å²) in [6.07, 6.45) is 6.63. The van der Waals surface area contributed by atoms with Gasteiger partial charge in [-0.15, -0.1) is 0 Å². The summed E-state index contributed by atoms with van der Waals surface area (Å²) < 4.78 is 4.54. The van der Waals surface area contributed by atoms with Crippen LogP contribution < -0.4 is 13.1 Å². The maximum atomic E-state index is 2.75. The Hall–Kier alpha value is -2.04. The molecule has 3 aromatic carbocycles. The Kier molecular flexibility index (Phi) is 5.42. The molecule has 0 aliphatic heterocycles. The first-order chi connectivity index (χ1) is 12.9. The van der Waals surface area contributed by atoms with E-state index in [-0.39, 0.29) is 0 Å². The molecule has 130 valence electrons. The molecule has 1 aliphatic carbocycles. The first-order valence-electron chi connectivity index (χ1n) is 9.66. The minimum absolute atomic E-state index is 1.27. The zero-order valence-corrected chi connectivity index (χ0v) is 17.1. The van der Waals surface area contributed by atoms with Gasteiger partial charge in [-0.2, -0.15) is 0 Å². The van der Waals surface area contributed by atoms with Gasteiger partial charge >= 0.3 is 160 Å². The zero-order valence-electron chi connectivity index (χ0n) is 15.2. The Morgan fingerprint density at radius 1 is 0.500 bits per heavy atom. The molecule has 0 heterocycles. The summed E-state index contributed by atoms with van der Waals surface area (Å²) in [6.45, 7) is 0. The van der Waals surface area contributed by atoms with Crippen molar-refractivity contribution < 1.29 is 0 Å². The van der Waals surface area contributed by atoms with Crippen molar-refractivity contribution in [2.24, 2.45) is 0 Å². The number of hydrogen-bond acceptors (Lipinski definition) is 0. The van der Waals surface area contributed by atoms with Crippen LogP contribution in [0, 0.1) is 0 Å². The SMILES string of the molecule is C(=C1CCCCC1)[As+](c1ccccc1)(c1ccccc1)c1ccccc1. The Bertz CT molecular complexity index is 746. The summed E-state index contributed by atoms with van der Waals surface area (Å²) in [6, 6.07) is 33.8. The second-order valence-electron chi connectivity index (χ2n) is 7.08. The maximum absolute atomic E-state index is 2.75. The first kappa shape index (κ1) is 17.4. The van der Waals surface area contributed by atoms with Crippen LogP contribution in [0.25, 0.3) is 0 Å². The predicted octanol–water partition coefficient (Wildman–Crippen LogP) is 4.59. The van der Waals surface area contributed by atoms with Crippen LogP contribution in [0.4, 0.5) is 0 Å². The molecule has 0 radical (unpaired) electrons. The minimum atomic E-state index is -2.64. The van der Waals surface area contributed by atoms with E-state index in [0.717, 1.165) is 0 Å². The average molecular weight is 401 g/mol. The third-order valence-electron chi connectivity index (χ3n) is 5.36. The molecular formula is C25H26As+. The molecule has 0 amide bonds. The van der Waals surface area contributed by atoms with Crippen LogP contribution in [0.1, 0.15) is 32.1 Å². The van der Waals surface area contributed by atoms with Crippen LogP contribution >= 0.6 is 0 Å². The van der Waals surface area contributed by atoms with Crippen LogP contribution in [0.3, 0.4) is 0 Å². The van der Waals surface area contributed by atoms with Gasteiger partial charge in [0, 0.05) is 0 Å². The van der Waals surface area contributed by atoms with Crippen molar-refractivity contribution in [3.63, 3.8) is 0 Å². The summed E-state index contributed by atoms with van der Waals surface area (Å²) in [4.78, 5) is 2.75. The Labute approximate surface area is 160 Å². The molecule has 4 rings (SSSR count).